The lowest BCUT2D eigenvalue weighted by atomic mass is 10.3. The van der Waals surface area contributed by atoms with Crippen molar-refractivity contribution in [3.63, 3.8) is 0 Å². The van der Waals surface area contributed by atoms with Gasteiger partial charge in [0.15, 0.2) is 6.29 Å². The molecule has 40 valence electrons. The van der Waals surface area contributed by atoms with E-state index in [0.29, 0.717) is 6.29 Å². The molecule has 1 atom stereocenters. The molecule has 0 radical (unpaired) electrons. The highest BCUT2D eigenvalue weighted by molar-refractivity contribution is 7.82. The predicted molar refractivity (Wildman–Crippen MR) is 32.3 cm³/mol. The lowest BCUT2D eigenvalue weighted by molar-refractivity contribution is -0.102. The summed E-state index contributed by atoms with van der Waals surface area (Å²) in [6.07, 6.45) is 0.597. The molecule has 3 heteroatoms. The van der Waals surface area contributed by atoms with Crippen molar-refractivity contribution in [2.24, 2.45) is 5.73 Å². The molecule has 0 heterocycles. The molecular formula is C4H7NOS. The quantitative estimate of drug-likeness (QED) is 0.406. The van der Waals surface area contributed by atoms with Gasteiger partial charge in [0.1, 0.15) is 0 Å². The third kappa shape index (κ3) is 2.42. The van der Waals surface area contributed by atoms with Crippen molar-refractivity contribution < 1.29 is 4.79 Å². The second kappa shape index (κ2) is 2.82. The molecule has 0 rings (SSSR count). The molecule has 2 nitrogen and oxygen atoms in total. The average Bonchev–Trinajstić information content (AvgIpc) is 1.65. The number of carbonyl (C=O) groups excluding carboxylic acids is 1. The molecule has 0 amide bonds. The number of nitrogens with two attached hydrogens (primary N) is 1. The molecule has 0 aliphatic heterocycles. The smallest absolute Gasteiger partial charge is 0.158 e. The Kier molecular flexibility index (Phi) is 2.71. The molecule has 0 aromatic heterocycles. The summed E-state index contributed by atoms with van der Waals surface area (Å²) in [5, 5.41) is 0. The third-order valence-electron chi connectivity index (χ3n) is 0.565. The van der Waals surface area contributed by atoms with Gasteiger partial charge in [-0.3, -0.25) is 4.79 Å². The van der Waals surface area contributed by atoms with Crippen LogP contribution in [-0.4, -0.2) is 17.2 Å². The van der Waals surface area contributed by atoms with Gasteiger partial charge in [-0.05, 0) is 6.92 Å². The van der Waals surface area contributed by atoms with Crippen molar-refractivity contribution in [1.82, 2.24) is 0 Å². The highest BCUT2D eigenvalue weighted by Crippen LogP contribution is 1.76. The van der Waals surface area contributed by atoms with E-state index in [0.717, 1.165) is 0 Å². The fraction of sp³-hybridized carbons (Fsp3) is 0.500. The van der Waals surface area contributed by atoms with Gasteiger partial charge in [0, 0.05) is 6.04 Å². The first-order valence-electron chi connectivity index (χ1n) is 1.93. The van der Waals surface area contributed by atoms with Crippen LogP contribution in [0.15, 0.2) is 0 Å². The van der Waals surface area contributed by atoms with Crippen LogP contribution in [0.4, 0.5) is 0 Å². The summed E-state index contributed by atoms with van der Waals surface area (Å²) in [6.45, 7) is 1.68. The van der Waals surface area contributed by atoms with Crippen LogP contribution in [0.5, 0.6) is 0 Å². The molecule has 0 aliphatic carbocycles. The summed E-state index contributed by atoms with van der Waals surface area (Å²) in [4.78, 5) is 10.0. The topological polar surface area (TPSA) is 43.1 Å². The predicted octanol–water partition coefficient (Wildman–Crippen LogP) is -0.0976. The summed E-state index contributed by atoms with van der Waals surface area (Å²) < 4.78 is 0. The molecule has 0 saturated heterocycles. The molecule has 0 fully saturated rings. The molecule has 0 saturated carbocycles. The number of aldehydes is 1. The number of hydrogen-bond donors (Lipinski definition) is 1. The molecular weight excluding hydrogens is 110 g/mol. The lowest BCUT2D eigenvalue weighted by Gasteiger charge is -1.94. The SMILES string of the molecule is CC(N)C(=S)C=O. The maximum absolute atomic E-state index is 9.73. The highest BCUT2D eigenvalue weighted by atomic mass is 32.1. The first-order valence-corrected chi connectivity index (χ1v) is 2.34. The van der Waals surface area contributed by atoms with E-state index in [1.807, 2.05) is 0 Å². The van der Waals surface area contributed by atoms with Crippen molar-refractivity contribution >= 4 is 23.4 Å². The lowest BCUT2D eigenvalue weighted by Crippen LogP contribution is -2.25. The van der Waals surface area contributed by atoms with Crippen LogP contribution in [0.25, 0.3) is 0 Å². The first-order chi connectivity index (χ1) is 3.18. The maximum Gasteiger partial charge on any atom is 0.158 e. The van der Waals surface area contributed by atoms with Gasteiger partial charge < -0.3 is 5.73 Å². The zero-order chi connectivity index (χ0) is 5.86. The van der Waals surface area contributed by atoms with E-state index in [1.165, 1.54) is 0 Å². The van der Waals surface area contributed by atoms with Crippen molar-refractivity contribution in [3.05, 3.63) is 0 Å². The Morgan fingerprint density at radius 3 is 2.43 bits per heavy atom. The zero-order valence-electron chi connectivity index (χ0n) is 4.05. The first kappa shape index (κ1) is 6.72. The van der Waals surface area contributed by atoms with E-state index in [4.69, 9.17) is 5.73 Å². The largest absolute Gasteiger partial charge is 0.323 e. The Balaban J connectivity index is 3.56. The van der Waals surface area contributed by atoms with Crippen LogP contribution in [0.2, 0.25) is 0 Å². The highest BCUT2D eigenvalue weighted by Gasteiger charge is 1.96. The van der Waals surface area contributed by atoms with Crippen molar-refractivity contribution in [2.75, 3.05) is 0 Å². The standard InChI is InChI=1S/C4H7NOS/c1-3(5)4(7)2-6/h2-3H,5H2,1H3. The minimum Gasteiger partial charge on any atom is -0.323 e. The Hall–Kier alpha value is -0.280. The Bertz CT molecular complexity index is 89.7. The monoisotopic (exact) mass is 117 g/mol. The molecule has 0 aromatic rings. The van der Waals surface area contributed by atoms with Gasteiger partial charge in [-0.1, -0.05) is 12.2 Å². The van der Waals surface area contributed by atoms with Gasteiger partial charge in [-0.2, -0.15) is 0 Å². The molecule has 0 spiro atoms. The number of rotatable bonds is 2. The number of hydrogen-bond acceptors (Lipinski definition) is 3. The summed E-state index contributed by atoms with van der Waals surface area (Å²) in [5.41, 5.74) is 5.17. The molecule has 0 aromatic carbocycles. The van der Waals surface area contributed by atoms with E-state index < -0.39 is 0 Å². The van der Waals surface area contributed by atoms with Crippen molar-refractivity contribution in [1.29, 1.82) is 0 Å². The van der Waals surface area contributed by atoms with Crippen LogP contribution in [0.1, 0.15) is 6.92 Å². The van der Waals surface area contributed by atoms with Gasteiger partial charge in [-0.15, -0.1) is 0 Å². The normalized spacial score (nSPS) is 12.9. The van der Waals surface area contributed by atoms with E-state index in [2.05, 4.69) is 12.2 Å². The van der Waals surface area contributed by atoms with Gasteiger partial charge in [0.05, 0.1) is 4.86 Å². The van der Waals surface area contributed by atoms with E-state index in [1.54, 1.807) is 6.92 Å². The Morgan fingerprint density at radius 2 is 2.43 bits per heavy atom. The molecule has 7 heavy (non-hydrogen) atoms. The van der Waals surface area contributed by atoms with Crippen molar-refractivity contribution in [3.8, 4) is 0 Å². The van der Waals surface area contributed by atoms with Crippen LogP contribution in [0.3, 0.4) is 0 Å². The summed E-state index contributed by atoms with van der Waals surface area (Å²) >= 11 is 4.49. The van der Waals surface area contributed by atoms with E-state index in [-0.39, 0.29) is 10.9 Å². The second-order valence-corrected chi connectivity index (χ2v) is 1.78. The zero-order valence-corrected chi connectivity index (χ0v) is 4.87. The summed E-state index contributed by atoms with van der Waals surface area (Å²) in [7, 11) is 0. The van der Waals surface area contributed by atoms with Gasteiger partial charge >= 0.3 is 0 Å². The molecule has 1 unspecified atom stereocenters. The van der Waals surface area contributed by atoms with Gasteiger partial charge in [-0.25, -0.2) is 0 Å². The third-order valence-corrected chi connectivity index (χ3v) is 1.03. The summed E-state index contributed by atoms with van der Waals surface area (Å²) in [5.74, 6) is 0. The van der Waals surface area contributed by atoms with E-state index in [9.17, 15) is 4.79 Å². The average molecular weight is 117 g/mol. The van der Waals surface area contributed by atoms with Gasteiger partial charge in [0.25, 0.3) is 0 Å². The van der Waals surface area contributed by atoms with Crippen molar-refractivity contribution in [2.45, 2.75) is 13.0 Å². The Labute approximate surface area is 47.7 Å². The maximum atomic E-state index is 9.73. The fourth-order valence-corrected chi connectivity index (χ4v) is 0.107. The molecule has 0 aliphatic rings. The molecule has 2 N–H and O–H groups in total. The fourth-order valence-electron chi connectivity index (χ4n) is 0.107. The number of thiocarbonyl (C=S) groups is 1. The minimum absolute atomic E-state index is 0.271. The number of carbonyl (C=O) groups is 1. The molecule has 0 bridgehead atoms. The van der Waals surface area contributed by atoms with Crippen LogP contribution in [0, 0.1) is 0 Å². The van der Waals surface area contributed by atoms with Crippen LogP contribution >= 0.6 is 12.2 Å². The van der Waals surface area contributed by atoms with Gasteiger partial charge in [0.2, 0.25) is 0 Å². The second-order valence-electron chi connectivity index (χ2n) is 1.31. The minimum atomic E-state index is -0.271. The van der Waals surface area contributed by atoms with Crippen LogP contribution in [-0.2, 0) is 4.79 Å². The Morgan fingerprint density at radius 1 is 2.00 bits per heavy atom. The summed E-state index contributed by atoms with van der Waals surface area (Å²) in [6, 6.07) is -0.271. The van der Waals surface area contributed by atoms with E-state index >= 15 is 0 Å². The van der Waals surface area contributed by atoms with Crippen LogP contribution < -0.4 is 5.73 Å².